The lowest BCUT2D eigenvalue weighted by Crippen LogP contribution is -2.37. The Hall–Kier alpha value is -2.68. The van der Waals surface area contributed by atoms with Crippen molar-refractivity contribution in [2.24, 2.45) is 0 Å². The third kappa shape index (κ3) is 5.23. The number of aromatic nitrogens is 2. The minimum absolute atomic E-state index is 0.348. The van der Waals surface area contributed by atoms with Crippen LogP contribution in [0.1, 0.15) is 5.76 Å². The van der Waals surface area contributed by atoms with Crippen molar-refractivity contribution < 1.29 is 9.15 Å². The molecule has 0 radical (unpaired) electrons. The quantitative estimate of drug-likeness (QED) is 0.469. The summed E-state index contributed by atoms with van der Waals surface area (Å²) in [5.41, 5.74) is 1.03. The first-order valence-corrected chi connectivity index (χ1v) is 10.0. The number of nitrogens with one attached hydrogen (secondary N) is 2. The average Bonchev–Trinajstić information content (AvgIpc) is 3.22. The number of benzene rings is 1. The van der Waals surface area contributed by atoms with E-state index in [1.165, 1.54) is 0 Å². The maximum atomic E-state index is 6.16. The third-order valence-corrected chi connectivity index (χ3v) is 4.82. The highest BCUT2D eigenvalue weighted by Gasteiger charge is 2.15. The summed E-state index contributed by atoms with van der Waals surface area (Å²) in [4.78, 5) is 10.8. The molecule has 0 bridgehead atoms. The molecule has 1 fully saturated rings. The normalized spacial score (nSPS) is 13.9. The molecule has 150 valence electrons. The van der Waals surface area contributed by atoms with Gasteiger partial charge in [0.25, 0.3) is 0 Å². The van der Waals surface area contributed by atoms with Crippen LogP contribution in [0.15, 0.2) is 52.9 Å². The van der Waals surface area contributed by atoms with Crippen LogP contribution in [0.4, 0.5) is 11.8 Å². The minimum atomic E-state index is 0.348. The van der Waals surface area contributed by atoms with Crippen molar-refractivity contribution in [3.05, 3.63) is 59.4 Å². The van der Waals surface area contributed by atoms with E-state index in [1.807, 2.05) is 42.5 Å². The summed E-state index contributed by atoms with van der Waals surface area (Å²) in [6.07, 6.45) is 0. The Morgan fingerprint density at radius 3 is 2.69 bits per heavy atom. The van der Waals surface area contributed by atoms with Crippen LogP contribution in [0.5, 0.6) is 0 Å². The van der Waals surface area contributed by atoms with Crippen LogP contribution in [0.25, 0.3) is 11.3 Å². The van der Waals surface area contributed by atoms with E-state index >= 15 is 0 Å². The number of nitrogens with zero attached hydrogens (tertiary/aromatic N) is 3. The SMILES string of the molecule is S=C(NCc1ccc(-c2ccccc2)o1)Nc1nc(Cl)cc(N2CCOCC2)n1. The zero-order valence-corrected chi connectivity index (χ0v) is 17.2. The standard InChI is InChI=1S/C20H20ClN5O2S/c21-17-12-18(26-8-10-27-11-9-26)24-19(23-17)25-20(29)22-13-15-6-7-16(28-15)14-4-2-1-3-5-14/h1-7,12H,8-11,13H2,(H2,22,23,24,25,29). The lowest BCUT2D eigenvalue weighted by molar-refractivity contribution is 0.122. The molecule has 9 heteroatoms. The summed E-state index contributed by atoms with van der Waals surface area (Å²) < 4.78 is 11.2. The highest BCUT2D eigenvalue weighted by Crippen LogP contribution is 2.22. The lowest BCUT2D eigenvalue weighted by atomic mass is 10.2. The van der Waals surface area contributed by atoms with Gasteiger partial charge in [0.05, 0.1) is 19.8 Å². The summed E-state index contributed by atoms with van der Waals surface area (Å²) in [5.74, 6) is 2.68. The van der Waals surface area contributed by atoms with Crippen LogP contribution in [0, 0.1) is 0 Å². The molecule has 0 unspecified atom stereocenters. The van der Waals surface area contributed by atoms with Crippen molar-refractivity contribution in [1.82, 2.24) is 15.3 Å². The van der Waals surface area contributed by atoms with Gasteiger partial charge in [0.2, 0.25) is 5.95 Å². The summed E-state index contributed by atoms with van der Waals surface area (Å²) in [7, 11) is 0. The molecule has 0 spiro atoms. The number of ether oxygens (including phenoxy) is 1. The smallest absolute Gasteiger partial charge is 0.232 e. The van der Waals surface area contributed by atoms with Crippen molar-refractivity contribution in [1.29, 1.82) is 0 Å². The highest BCUT2D eigenvalue weighted by molar-refractivity contribution is 7.80. The van der Waals surface area contributed by atoms with Gasteiger partial charge in [-0.25, -0.2) is 4.98 Å². The monoisotopic (exact) mass is 429 g/mol. The van der Waals surface area contributed by atoms with E-state index < -0.39 is 0 Å². The Balaban J connectivity index is 1.35. The van der Waals surface area contributed by atoms with Crippen LogP contribution in [-0.2, 0) is 11.3 Å². The average molecular weight is 430 g/mol. The Bertz CT molecular complexity index is 976. The van der Waals surface area contributed by atoms with Crippen LogP contribution in [0.2, 0.25) is 5.15 Å². The lowest BCUT2D eigenvalue weighted by Gasteiger charge is -2.28. The molecule has 0 aliphatic carbocycles. The molecule has 1 saturated heterocycles. The Morgan fingerprint density at radius 1 is 1.10 bits per heavy atom. The number of rotatable bonds is 5. The second-order valence-electron chi connectivity index (χ2n) is 6.41. The molecule has 0 saturated carbocycles. The number of hydrogen-bond acceptors (Lipinski definition) is 6. The Kier molecular flexibility index (Phi) is 6.24. The predicted octanol–water partition coefficient (Wildman–Crippen LogP) is 3.71. The molecule has 7 nitrogen and oxygen atoms in total. The van der Waals surface area contributed by atoms with Crippen molar-refractivity contribution in [3.8, 4) is 11.3 Å². The summed E-state index contributed by atoms with van der Waals surface area (Å²) in [6, 6.07) is 15.5. The number of hydrogen-bond donors (Lipinski definition) is 2. The number of halogens is 1. The van der Waals surface area contributed by atoms with Crippen molar-refractivity contribution >= 4 is 40.7 Å². The molecule has 2 aromatic heterocycles. The molecule has 1 aliphatic rings. The molecular formula is C20H20ClN5O2S. The van der Waals surface area contributed by atoms with Crippen LogP contribution in [0.3, 0.4) is 0 Å². The van der Waals surface area contributed by atoms with Crippen LogP contribution >= 0.6 is 23.8 Å². The second kappa shape index (κ2) is 9.21. The van der Waals surface area contributed by atoms with Gasteiger partial charge in [-0.2, -0.15) is 4.98 Å². The zero-order chi connectivity index (χ0) is 20.1. The fourth-order valence-electron chi connectivity index (χ4n) is 2.96. The Labute approximate surface area is 179 Å². The van der Waals surface area contributed by atoms with Gasteiger partial charge in [0.1, 0.15) is 22.5 Å². The largest absolute Gasteiger partial charge is 0.459 e. The first-order valence-electron chi connectivity index (χ1n) is 9.24. The molecule has 0 atom stereocenters. The first kappa shape index (κ1) is 19.6. The molecule has 3 aromatic rings. The second-order valence-corrected chi connectivity index (χ2v) is 7.21. The van der Waals surface area contributed by atoms with Crippen LogP contribution < -0.4 is 15.5 Å². The van der Waals surface area contributed by atoms with Crippen LogP contribution in [-0.4, -0.2) is 41.4 Å². The van der Waals surface area contributed by atoms with E-state index in [0.717, 1.165) is 36.0 Å². The fraction of sp³-hybridized carbons (Fsp3) is 0.250. The molecule has 0 amide bonds. The Morgan fingerprint density at radius 2 is 1.90 bits per heavy atom. The van der Waals surface area contributed by atoms with Crippen molar-refractivity contribution in [3.63, 3.8) is 0 Å². The molecule has 1 aliphatic heterocycles. The molecule has 4 rings (SSSR count). The van der Waals surface area contributed by atoms with E-state index in [9.17, 15) is 0 Å². The third-order valence-electron chi connectivity index (χ3n) is 4.38. The van der Waals surface area contributed by atoms with E-state index in [0.29, 0.717) is 36.0 Å². The predicted molar refractivity (Wildman–Crippen MR) is 117 cm³/mol. The van der Waals surface area contributed by atoms with Crippen molar-refractivity contribution in [2.45, 2.75) is 6.54 Å². The molecular weight excluding hydrogens is 410 g/mol. The van der Waals surface area contributed by atoms with Gasteiger partial charge in [-0.15, -0.1) is 0 Å². The van der Waals surface area contributed by atoms with Crippen molar-refractivity contribution in [2.75, 3.05) is 36.5 Å². The van der Waals surface area contributed by atoms with Gasteiger partial charge in [0, 0.05) is 24.7 Å². The molecule has 29 heavy (non-hydrogen) atoms. The van der Waals surface area contributed by atoms with E-state index in [4.69, 9.17) is 33.0 Å². The van der Waals surface area contributed by atoms with Gasteiger partial charge in [-0.1, -0.05) is 41.9 Å². The fourth-order valence-corrected chi connectivity index (χ4v) is 3.30. The van der Waals surface area contributed by atoms with E-state index in [2.05, 4.69) is 25.5 Å². The van der Waals surface area contributed by atoms with Gasteiger partial charge in [-0.05, 0) is 24.4 Å². The van der Waals surface area contributed by atoms with Gasteiger partial charge < -0.3 is 24.7 Å². The topological polar surface area (TPSA) is 75.5 Å². The highest BCUT2D eigenvalue weighted by atomic mass is 35.5. The van der Waals surface area contributed by atoms with Gasteiger partial charge >= 0.3 is 0 Å². The molecule has 2 N–H and O–H groups in total. The zero-order valence-electron chi connectivity index (χ0n) is 15.6. The summed E-state index contributed by atoms with van der Waals surface area (Å²) in [5, 5.41) is 6.82. The van der Waals surface area contributed by atoms with E-state index in [-0.39, 0.29) is 0 Å². The molecule has 3 heterocycles. The minimum Gasteiger partial charge on any atom is -0.459 e. The molecule has 1 aromatic carbocycles. The number of thiocarbonyl (C=S) groups is 1. The number of anilines is 2. The first-order chi connectivity index (χ1) is 14.2. The number of furan rings is 1. The van der Waals surface area contributed by atoms with Gasteiger partial charge in [0.15, 0.2) is 5.11 Å². The summed E-state index contributed by atoms with van der Waals surface area (Å²) >= 11 is 11.5. The number of morpholine rings is 1. The summed E-state index contributed by atoms with van der Waals surface area (Å²) in [6.45, 7) is 3.29. The van der Waals surface area contributed by atoms with Gasteiger partial charge in [-0.3, -0.25) is 0 Å². The maximum absolute atomic E-state index is 6.16. The van der Waals surface area contributed by atoms with E-state index in [1.54, 1.807) is 6.07 Å². The maximum Gasteiger partial charge on any atom is 0.232 e.